The first kappa shape index (κ1) is 13.2. The van der Waals surface area contributed by atoms with Gasteiger partial charge in [0.15, 0.2) is 0 Å². The average Bonchev–Trinajstić information content (AvgIpc) is 2.98. The molecule has 0 aliphatic rings. The predicted octanol–water partition coefficient (Wildman–Crippen LogP) is 0.839. The van der Waals surface area contributed by atoms with Crippen LogP contribution in [0.3, 0.4) is 0 Å². The molecule has 0 spiro atoms. The zero-order valence-electron chi connectivity index (χ0n) is 10.3. The lowest BCUT2D eigenvalue weighted by molar-refractivity contribution is 0.505. The maximum absolute atomic E-state index is 5.58. The molecular weight excluding hydrogens is 298 g/mol. The SMILES string of the molecule is CCn1nc(C)c(Br)c1CC(NN)c1cn[nH]n1. The Kier molecular flexibility index (Phi) is 4.10. The fourth-order valence-corrected chi connectivity index (χ4v) is 2.33. The molecule has 0 aliphatic carbocycles. The number of nitrogens with zero attached hydrogens (tertiary/aromatic N) is 4. The van der Waals surface area contributed by atoms with Crippen molar-refractivity contribution in [3.05, 3.63) is 27.8 Å². The molecule has 0 aromatic carbocycles. The molecule has 0 aliphatic heterocycles. The normalized spacial score (nSPS) is 12.9. The molecule has 0 amide bonds. The summed E-state index contributed by atoms with van der Waals surface area (Å²) < 4.78 is 2.98. The third kappa shape index (κ3) is 2.45. The van der Waals surface area contributed by atoms with Crippen LogP contribution in [-0.2, 0) is 13.0 Å². The number of rotatable bonds is 5. The molecule has 8 heteroatoms. The topological polar surface area (TPSA) is 97.4 Å². The average molecular weight is 314 g/mol. The predicted molar refractivity (Wildman–Crippen MR) is 70.5 cm³/mol. The monoisotopic (exact) mass is 313 g/mol. The third-order valence-corrected chi connectivity index (χ3v) is 3.87. The molecular formula is C10H16BrN7. The van der Waals surface area contributed by atoms with Crippen molar-refractivity contribution in [2.24, 2.45) is 5.84 Å². The highest BCUT2D eigenvalue weighted by atomic mass is 79.9. The molecule has 0 saturated heterocycles. The Bertz CT molecular complexity index is 505. The molecule has 0 bridgehead atoms. The first-order valence-electron chi connectivity index (χ1n) is 5.71. The summed E-state index contributed by atoms with van der Waals surface area (Å²) in [5.74, 6) is 5.58. The number of nitrogens with two attached hydrogens (primary N) is 1. The molecule has 0 fully saturated rings. The Morgan fingerprint density at radius 3 is 2.94 bits per heavy atom. The van der Waals surface area contributed by atoms with Gasteiger partial charge in [0, 0.05) is 13.0 Å². The van der Waals surface area contributed by atoms with E-state index in [1.54, 1.807) is 6.20 Å². The number of H-pyrrole nitrogens is 1. The highest BCUT2D eigenvalue weighted by molar-refractivity contribution is 9.10. The maximum Gasteiger partial charge on any atom is 0.101 e. The van der Waals surface area contributed by atoms with E-state index >= 15 is 0 Å². The number of nitrogens with one attached hydrogen (secondary N) is 2. The van der Waals surface area contributed by atoms with E-state index in [2.05, 4.69) is 48.8 Å². The summed E-state index contributed by atoms with van der Waals surface area (Å²) in [4.78, 5) is 0. The number of hydrazine groups is 1. The van der Waals surface area contributed by atoms with Crippen molar-refractivity contribution in [1.29, 1.82) is 0 Å². The zero-order valence-corrected chi connectivity index (χ0v) is 11.9. The molecule has 98 valence electrons. The van der Waals surface area contributed by atoms with Crippen LogP contribution in [0.25, 0.3) is 0 Å². The fraction of sp³-hybridized carbons (Fsp3) is 0.500. The molecule has 4 N–H and O–H groups in total. The summed E-state index contributed by atoms with van der Waals surface area (Å²) in [6.45, 7) is 4.85. The van der Waals surface area contributed by atoms with Gasteiger partial charge in [-0.1, -0.05) is 0 Å². The summed E-state index contributed by atoms with van der Waals surface area (Å²) in [6.07, 6.45) is 2.36. The molecule has 2 aromatic rings. The second kappa shape index (κ2) is 5.59. The van der Waals surface area contributed by atoms with Crippen molar-refractivity contribution in [2.75, 3.05) is 0 Å². The molecule has 0 saturated carbocycles. The van der Waals surface area contributed by atoms with E-state index in [9.17, 15) is 0 Å². The Morgan fingerprint density at radius 2 is 2.39 bits per heavy atom. The standard InChI is InChI=1S/C10H16BrN7/c1-3-18-9(10(11)6(2)16-18)4-7(14-12)8-5-13-17-15-8/h5,7,14H,3-4,12H2,1-2H3,(H,13,15,17). The minimum Gasteiger partial charge on any atom is -0.271 e. The molecule has 0 radical (unpaired) electrons. The number of aromatic nitrogens is 5. The van der Waals surface area contributed by atoms with E-state index in [1.807, 2.05) is 11.6 Å². The maximum atomic E-state index is 5.58. The van der Waals surface area contributed by atoms with Crippen LogP contribution in [0.1, 0.15) is 30.0 Å². The number of aryl methyl sites for hydroxylation is 2. The summed E-state index contributed by atoms with van der Waals surface area (Å²) in [5, 5.41) is 14.9. The molecule has 7 nitrogen and oxygen atoms in total. The number of hydrogen-bond acceptors (Lipinski definition) is 5. The highest BCUT2D eigenvalue weighted by Crippen LogP contribution is 2.25. The van der Waals surface area contributed by atoms with Crippen molar-refractivity contribution >= 4 is 15.9 Å². The van der Waals surface area contributed by atoms with Crippen LogP contribution in [0.15, 0.2) is 10.7 Å². The van der Waals surface area contributed by atoms with Gasteiger partial charge >= 0.3 is 0 Å². The van der Waals surface area contributed by atoms with Gasteiger partial charge in [-0.25, -0.2) is 0 Å². The van der Waals surface area contributed by atoms with Crippen LogP contribution in [-0.4, -0.2) is 25.2 Å². The molecule has 1 unspecified atom stereocenters. The van der Waals surface area contributed by atoms with Crippen molar-refractivity contribution in [1.82, 2.24) is 30.6 Å². The van der Waals surface area contributed by atoms with Crippen LogP contribution in [0.4, 0.5) is 0 Å². The summed E-state index contributed by atoms with van der Waals surface area (Å²) in [5.41, 5.74) is 5.61. The lowest BCUT2D eigenvalue weighted by Crippen LogP contribution is -2.30. The van der Waals surface area contributed by atoms with Crippen LogP contribution in [0.5, 0.6) is 0 Å². The Balaban J connectivity index is 2.27. The van der Waals surface area contributed by atoms with E-state index < -0.39 is 0 Å². The van der Waals surface area contributed by atoms with Gasteiger partial charge in [-0.15, -0.1) is 0 Å². The van der Waals surface area contributed by atoms with Crippen LogP contribution < -0.4 is 11.3 Å². The largest absolute Gasteiger partial charge is 0.271 e. The second-order valence-corrected chi connectivity index (χ2v) is 4.77. The molecule has 2 aromatic heterocycles. The number of aromatic amines is 1. The quantitative estimate of drug-likeness (QED) is 0.561. The smallest absolute Gasteiger partial charge is 0.101 e. The molecule has 18 heavy (non-hydrogen) atoms. The fourth-order valence-electron chi connectivity index (χ4n) is 1.88. The third-order valence-electron chi connectivity index (χ3n) is 2.84. The molecule has 2 rings (SSSR count). The lowest BCUT2D eigenvalue weighted by Gasteiger charge is -2.14. The van der Waals surface area contributed by atoms with E-state index in [0.29, 0.717) is 6.42 Å². The van der Waals surface area contributed by atoms with Gasteiger partial charge in [0.25, 0.3) is 0 Å². The zero-order chi connectivity index (χ0) is 13.1. The second-order valence-electron chi connectivity index (χ2n) is 3.98. The van der Waals surface area contributed by atoms with Crippen molar-refractivity contribution < 1.29 is 0 Å². The number of hydrogen-bond donors (Lipinski definition) is 3. The summed E-state index contributed by atoms with van der Waals surface area (Å²) in [6, 6.07) is -0.0959. The van der Waals surface area contributed by atoms with Crippen molar-refractivity contribution in [2.45, 2.75) is 32.9 Å². The van der Waals surface area contributed by atoms with Gasteiger partial charge in [0.1, 0.15) is 5.69 Å². The van der Waals surface area contributed by atoms with E-state index in [1.165, 1.54) is 0 Å². The summed E-state index contributed by atoms with van der Waals surface area (Å²) >= 11 is 3.57. The Labute approximate surface area is 113 Å². The van der Waals surface area contributed by atoms with Gasteiger partial charge in [-0.05, 0) is 29.8 Å². The van der Waals surface area contributed by atoms with Gasteiger partial charge in [0.2, 0.25) is 0 Å². The van der Waals surface area contributed by atoms with Crippen molar-refractivity contribution in [3.8, 4) is 0 Å². The molecule has 1 atom stereocenters. The van der Waals surface area contributed by atoms with Gasteiger partial charge in [0.05, 0.1) is 28.1 Å². The first-order valence-corrected chi connectivity index (χ1v) is 6.50. The van der Waals surface area contributed by atoms with Crippen LogP contribution in [0.2, 0.25) is 0 Å². The van der Waals surface area contributed by atoms with Crippen LogP contribution >= 0.6 is 15.9 Å². The minimum atomic E-state index is -0.0959. The van der Waals surface area contributed by atoms with E-state index in [4.69, 9.17) is 5.84 Å². The summed E-state index contributed by atoms with van der Waals surface area (Å²) in [7, 11) is 0. The lowest BCUT2D eigenvalue weighted by atomic mass is 10.1. The van der Waals surface area contributed by atoms with Crippen molar-refractivity contribution in [3.63, 3.8) is 0 Å². The van der Waals surface area contributed by atoms with Gasteiger partial charge in [-0.2, -0.15) is 20.5 Å². The minimum absolute atomic E-state index is 0.0959. The van der Waals surface area contributed by atoms with E-state index in [0.717, 1.165) is 28.1 Å². The van der Waals surface area contributed by atoms with Gasteiger partial charge in [-0.3, -0.25) is 16.0 Å². The Morgan fingerprint density at radius 1 is 1.61 bits per heavy atom. The Hall–Kier alpha value is -1.25. The van der Waals surface area contributed by atoms with Crippen LogP contribution in [0, 0.1) is 6.92 Å². The highest BCUT2D eigenvalue weighted by Gasteiger charge is 2.19. The van der Waals surface area contributed by atoms with E-state index in [-0.39, 0.29) is 6.04 Å². The van der Waals surface area contributed by atoms with Gasteiger partial charge < -0.3 is 0 Å². The number of halogens is 1. The first-order chi connectivity index (χ1) is 8.67. The molecule has 2 heterocycles.